The van der Waals surface area contributed by atoms with Gasteiger partial charge in [-0.3, -0.25) is 0 Å². The SMILES string of the molecule is [NH]NC(c1ccccc1)(c1ccccc1)c1ccccc1. The maximum absolute atomic E-state index is 8.07. The van der Waals surface area contributed by atoms with Crippen LogP contribution in [-0.2, 0) is 5.54 Å². The van der Waals surface area contributed by atoms with E-state index in [2.05, 4.69) is 41.8 Å². The molecular formula is C19H17N2. The van der Waals surface area contributed by atoms with Crippen LogP contribution in [0.3, 0.4) is 0 Å². The number of hydrogen-bond acceptors (Lipinski definition) is 1. The van der Waals surface area contributed by atoms with E-state index in [9.17, 15) is 0 Å². The molecule has 3 aromatic carbocycles. The van der Waals surface area contributed by atoms with Gasteiger partial charge in [-0.2, -0.15) is 5.84 Å². The summed E-state index contributed by atoms with van der Waals surface area (Å²) in [5.74, 6) is 8.07. The van der Waals surface area contributed by atoms with Gasteiger partial charge < -0.3 is 0 Å². The fraction of sp³-hybridized carbons (Fsp3) is 0.0526. The predicted molar refractivity (Wildman–Crippen MR) is 85.4 cm³/mol. The molecule has 0 aliphatic heterocycles. The van der Waals surface area contributed by atoms with Crippen molar-refractivity contribution in [3.8, 4) is 0 Å². The van der Waals surface area contributed by atoms with Crippen LogP contribution in [0.5, 0.6) is 0 Å². The summed E-state index contributed by atoms with van der Waals surface area (Å²) in [7, 11) is 0. The van der Waals surface area contributed by atoms with E-state index in [0.29, 0.717) is 0 Å². The fourth-order valence-electron chi connectivity index (χ4n) is 2.78. The molecule has 0 bridgehead atoms. The Labute approximate surface area is 125 Å². The molecule has 0 saturated carbocycles. The van der Waals surface area contributed by atoms with Gasteiger partial charge in [-0.25, -0.2) is 5.43 Å². The summed E-state index contributed by atoms with van der Waals surface area (Å²) >= 11 is 0. The van der Waals surface area contributed by atoms with Crippen LogP contribution in [0.4, 0.5) is 0 Å². The van der Waals surface area contributed by atoms with Gasteiger partial charge in [0.1, 0.15) is 5.54 Å². The molecule has 0 aliphatic carbocycles. The lowest BCUT2D eigenvalue weighted by atomic mass is 9.77. The van der Waals surface area contributed by atoms with Crippen LogP contribution >= 0.6 is 0 Å². The first kappa shape index (κ1) is 13.6. The van der Waals surface area contributed by atoms with Crippen LogP contribution in [0.2, 0.25) is 0 Å². The van der Waals surface area contributed by atoms with Crippen LogP contribution in [0.1, 0.15) is 16.7 Å². The number of nitrogens with one attached hydrogen (secondary N) is 2. The van der Waals surface area contributed by atoms with Gasteiger partial charge in [0.15, 0.2) is 0 Å². The summed E-state index contributed by atoms with van der Waals surface area (Å²) in [4.78, 5) is 0. The summed E-state index contributed by atoms with van der Waals surface area (Å²) in [5.41, 5.74) is 5.31. The second-order valence-electron chi connectivity index (χ2n) is 4.97. The van der Waals surface area contributed by atoms with E-state index in [4.69, 9.17) is 5.84 Å². The van der Waals surface area contributed by atoms with Gasteiger partial charge >= 0.3 is 0 Å². The Bertz CT molecular complexity index is 582. The molecular weight excluding hydrogens is 256 g/mol. The summed E-state index contributed by atoms with van der Waals surface area (Å²) in [6.45, 7) is 0. The topological polar surface area (TPSA) is 35.8 Å². The molecule has 2 heteroatoms. The van der Waals surface area contributed by atoms with E-state index in [1.54, 1.807) is 0 Å². The highest BCUT2D eigenvalue weighted by Gasteiger charge is 2.35. The third-order valence-electron chi connectivity index (χ3n) is 3.81. The number of hydrogen-bond donors (Lipinski definition) is 1. The van der Waals surface area contributed by atoms with Crippen molar-refractivity contribution in [2.75, 3.05) is 0 Å². The van der Waals surface area contributed by atoms with Crippen LogP contribution in [-0.4, -0.2) is 0 Å². The van der Waals surface area contributed by atoms with Gasteiger partial charge in [-0.1, -0.05) is 91.0 Å². The molecule has 0 heterocycles. The Kier molecular flexibility index (Phi) is 3.82. The van der Waals surface area contributed by atoms with Crippen molar-refractivity contribution in [2.45, 2.75) is 5.54 Å². The van der Waals surface area contributed by atoms with E-state index in [1.807, 2.05) is 54.6 Å². The van der Waals surface area contributed by atoms with E-state index >= 15 is 0 Å². The Morgan fingerprint density at radius 1 is 0.524 bits per heavy atom. The summed E-state index contributed by atoms with van der Waals surface area (Å²) in [6, 6.07) is 30.4. The summed E-state index contributed by atoms with van der Waals surface area (Å²) in [5, 5.41) is 0. The second-order valence-corrected chi connectivity index (χ2v) is 4.97. The van der Waals surface area contributed by atoms with Crippen molar-refractivity contribution in [3.63, 3.8) is 0 Å². The summed E-state index contributed by atoms with van der Waals surface area (Å²) in [6.07, 6.45) is 0. The maximum Gasteiger partial charge on any atom is 0.109 e. The molecule has 3 aromatic rings. The first-order valence-electron chi connectivity index (χ1n) is 6.98. The lowest BCUT2D eigenvalue weighted by Crippen LogP contribution is -2.43. The highest BCUT2D eigenvalue weighted by atomic mass is 15.3. The number of rotatable bonds is 4. The third-order valence-corrected chi connectivity index (χ3v) is 3.81. The van der Waals surface area contributed by atoms with Crippen molar-refractivity contribution in [3.05, 3.63) is 108 Å². The Hall–Kier alpha value is -2.42. The normalized spacial score (nSPS) is 11.3. The molecule has 103 valence electrons. The molecule has 0 fully saturated rings. The monoisotopic (exact) mass is 273 g/mol. The molecule has 3 rings (SSSR count). The van der Waals surface area contributed by atoms with Gasteiger partial charge in [0.05, 0.1) is 0 Å². The van der Waals surface area contributed by atoms with Gasteiger partial charge in [0.2, 0.25) is 0 Å². The standard InChI is InChI=1S/C19H17N2/c20-21-19(16-10-4-1-5-11-16,17-12-6-2-7-13-17)18-14-8-3-9-15-18/h1-15,20-21H. The quantitative estimate of drug-likeness (QED) is 0.570. The second kappa shape index (κ2) is 5.92. The molecule has 1 radical (unpaired) electrons. The highest BCUT2D eigenvalue weighted by Crippen LogP contribution is 2.35. The van der Waals surface area contributed by atoms with Crippen LogP contribution in [0.15, 0.2) is 91.0 Å². The minimum atomic E-state index is -0.663. The van der Waals surface area contributed by atoms with Gasteiger partial charge in [-0.05, 0) is 16.7 Å². The van der Waals surface area contributed by atoms with E-state index in [1.165, 1.54) is 0 Å². The maximum atomic E-state index is 8.07. The Morgan fingerprint density at radius 2 is 0.810 bits per heavy atom. The predicted octanol–water partition coefficient (Wildman–Crippen LogP) is 3.77. The molecule has 2 nitrogen and oxygen atoms in total. The number of benzene rings is 3. The average Bonchev–Trinajstić information content (AvgIpc) is 2.59. The zero-order valence-electron chi connectivity index (χ0n) is 11.7. The van der Waals surface area contributed by atoms with E-state index < -0.39 is 5.54 Å². The van der Waals surface area contributed by atoms with Crippen molar-refractivity contribution >= 4 is 0 Å². The Morgan fingerprint density at radius 3 is 1.05 bits per heavy atom. The first-order valence-corrected chi connectivity index (χ1v) is 6.98. The third kappa shape index (κ3) is 2.35. The molecule has 21 heavy (non-hydrogen) atoms. The Balaban J connectivity index is 2.29. The molecule has 0 atom stereocenters. The average molecular weight is 273 g/mol. The molecule has 0 saturated heterocycles. The smallest absolute Gasteiger partial charge is 0.109 e. The summed E-state index contributed by atoms with van der Waals surface area (Å²) < 4.78 is 0. The van der Waals surface area contributed by atoms with Crippen molar-refractivity contribution in [1.82, 2.24) is 11.3 Å². The minimum absolute atomic E-state index is 0.663. The van der Waals surface area contributed by atoms with E-state index in [-0.39, 0.29) is 0 Å². The van der Waals surface area contributed by atoms with Gasteiger partial charge in [0.25, 0.3) is 0 Å². The first-order chi connectivity index (χ1) is 10.4. The molecule has 0 unspecified atom stereocenters. The van der Waals surface area contributed by atoms with Crippen molar-refractivity contribution in [2.24, 2.45) is 0 Å². The molecule has 0 spiro atoms. The minimum Gasteiger partial charge on any atom is -0.224 e. The lowest BCUT2D eigenvalue weighted by molar-refractivity contribution is 0.475. The highest BCUT2D eigenvalue weighted by molar-refractivity contribution is 5.48. The van der Waals surface area contributed by atoms with Crippen LogP contribution < -0.4 is 11.3 Å². The van der Waals surface area contributed by atoms with Gasteiger partial charge in [0, 0.05) is 0 Å². The molecule has 2 N–H and O–H groups in total. The fourth-order valence-corrected chi connectivity index (χ4v) is 2.78. The molecule has 0 amide bonds. The van der Waals surface area contributed by atoms with Gasteiger partial charge in [-0.15, -0.1) is 0 Å². The van der Waals surface area contributed by atoms with Crippen LogP contribution in [0.25, 0.3) is 0 Å². The van der Waals surface area contributed by atoms with E-state index in [0.717, 1.165) is 16.7 Å². The van der Waals surface area contributed by atoms with Crippen molar-refractivity contribution < 1.29 is 0 Å². The lowest BCUT2D eigenvalue weighted by Gasteiger charge is -2.34. The van der Waals surface area contributed by atoms with Crippen molar-refractivity contribution in [1.29, 1.82) is 0 Å². The van der Waals surface area contributed by atoms with Crippen LogP contribution in [0, 0.1) is 0 Å². The zero-order valence-corrected chi connectivity index (χ0v) is 11.7. The zero-order chi connectivity index (χ0) is 14.5. The molecule has 0 aliphatic rings. The molecule has 0 aromatic heterocycles. The largest absolute Gasteiger partial charge is 0.224 e.